The second-order valence-corrected chi connectivity index (χ2v) is 8.33. The van der Waals surface area contributed by atoms with Crippen molar-refractivity contribution < 1.29 is 19.1 Å². The lowest BCUT2D eigenvalue weighted by atomic mass is 9.64. The lowest BCUT2D eigenvalue weighted by Gasteiger charge is -2.37. The van der Waals surface area contributed by atoms with E-state index in [2.05, 4.69) is 15.9 Å². The number of ether oxygens (including phenoxy) is 2. The number of benzene rings is 3. The van der Waals surface area contributed by atoms with Gasteiger partial charge in [0, 0.05) is 10.4 Å². The largest absolute Gasteiger partial charge is 0.468 e. The molecule has 1 atom stereocenters. The van der Waals surface area contributed by atoms with Gasteiger partial charge in [-0.15, -0.1) is 0 Å². The fourth-order valence-electron chi connectivity index (χ4n) is 4.81. The zero-order valence-electron chi connectivity index (χ0n) is 17.4. The first-order valence-electron chi connectivity index (χ1n) is 10.2. The van der Waals surface area contributed by atoms with E-state index in [-0.39, 0.29) is 19.0 Å². The SMILES string of the molecule is CCOC(=O)CC(c1ccccc1Br)C1(C(=O)OC)c2ccccc2-c2ccccc21. The van der Waals surface area contributed by atoms with Crippen LogP contribution in [0.2, 0.25) is 0 Å². The molecule has 158 valence electrons. The van der Waals surface area contributed by atoms with Gasteiger partial charge in [-0.05, 0) is 40.8 Å². The van der Waals surface area contributed by atoms with E-state index in [0.29, 0.717) is 0 Å². The van der Waals surface area contributed by atoms with Crippen LogP contribution >= 0.6 is 15.9 Å². The standard InChI is InChI=1S/C26H23BrO4/c1-3-31-24(28)16-22(19-12-6-9-15-23(19)27)26(25(29)30-2)20-13-7-4-10-17(20)18-11-5-8-14-21(18)26/h4-15,22H,3,16H2,1-2H3. The fourth-order valence-corrected chi connectivity index (χ4v) is 5.37. The molecule has 3 aromatic rings. The minimum absolute atomic E-state index is 0.0359. The number of hydrogen-bond donors (Lipinski definition) is 0. The van der Waals surface area contributed by atoms with Crippen LogP contribution in [0.25, 0.3) is 11.1 Å². The van der Waals surface area contributed by atoms with Gasteiger partial charge in [-0.3, -0.25) is 9.59 Å². The predicted molar refractivity (Wildman–Crippen MR) is 123 cm³/mol. The second-order valence-electron chi connectivity index (χ2n) is 7.47. The molecule has 1 unspecified atom stereocenters. The Balaban J connectivity index is 2.07. The Labute approximate surface area is 190 Å². The lowest BCUT2D eigenvalue weighted by molar-refractivity contribution is -0.148. The number of carbonyl (C=O) groups is 2. The van der Waals surface area contributed by atoms with Crippen molar-refractivity contribution in [2.24, 2.45) is 0 Å². The minimum Gasteiger partial charge on any atom is -0.468 e. The fraction of sp³-hybridized carbons (Fsp3) is 0.231. The van der Waals surface area contributed by atoms with Crippen LogP contribution in [0.5, 0.6) is 0 Å². The molecule has 1 aliphatic carbocycles. The zero-order chi connectivity index (χ0) is 22.0. The zero-order valence-corrected chi connectivity index (χ0v) is 19.0. The van der Waals surface area contributed by atoms with E-state index in [1.165, 1.54) is 7.11 Å². The number of esters is 2. The summed E-state index contributed by atoms with van der Waals surface area (Å²) in [5.74, 6) is -1.28. The number of rotatable bonds is 6. The van der Waals surface area contributed by atoms with Crippen LogP contribution in [-0.2, 0) is 24.5 Å². The molecule has 0 aliphatic heterocycles. The summed E-state index contributed by atoms with van der Waals surface area (Å²) >= 11 is 3.64. The van der Waals surface area contributed by atoms with Gasteiger partial charge in [0.1, 0.15) is 5.41 Å². The van der Waals surface area contributed by atoms with Gasteiger partial charge < -0.3 is 9.47 Å². The highest BCUT2D eigenvalue weighted by molar-refractivity contribution is 9.10. The number of carbonyl (C=O) groups excluding carboxylic acids is 2. The topological polar surface area (TPSA) is 52.6 Å². The van der Waals surface area contributed by atoms with Crippen molar-refractivity contribution >= 4 is 27.9 Å². The highest BCUT2D eigenvalue weighted by Gasteiger charge is 2.56. The summed E-state index contributed by atoms with van der Waals surface area (Å²) in [7, 11) is 1.40. The third-order valence-electron chi connectivity index (χ3n) is 5.98. The summed E-state index contributed by atoms with van der Waals surface area (Å²) in [6.45, 7) is 2.06. The Kier molecular flexibility index (Phi) is 5.96. The van der Waals surface area contributed by atoms with E-state index in [0.717, 1.165) is 32.3 Å². The van der Waals surface area contributed by atoms with E-state index in [4.69, 9.17) is 9.47 Å². The van der Waals surface area contributed by atoms with E-state index < -0.39 is 17.3 Å². The molecule has 31 heavy (non-hydrogen) atoms. The van der Waals surface area contributed by atoms with Crippen molar-refractivity contribution in [1.82, 2.24) is 0 Å². The first kappa shape index (κ1) is 21.3. The van der Waals surface area contributed by atoms with Gasteiger partial charge in [0.2, 0.25) is 0 Å². The Morgan fingerprint density at radius 2 is 1.45 bits per heavy atom. The van der Waals surface area contributed by atoms with Gasteiger partial charge in [-0.25, -0.2) is 0 Å². The minimum atomic E-state index is -1.18. The maximum absolute atomic E-state index is 13.7. The molecular weight excluding hydrogens is 456 g/mol. The second kappa shape index (κ2) is 8.67. The van der Waals surface area contributed by atoms with E-state index in [1.807, 2.05) is 72.8 Å². The highest BCUT2D eigenvalue weighted by atomic mass is 79.9. The van der Waals surface area contributed by atoms with Crippen molar-refractivity contribution in [2.75, 3.05) is 13.7 Å². The first-order chi connectivity index (χ1) is 15.1. The molecule has 0 amide bonds. The van der Waals surface area contributed by atoms with Crippen molar-refractivity contribution in [3.63, 3.8) is 0 Å². The van der Waals surface area contributed by atoms with Crippen molar-refractivity contribution in [3.05, 3.63) is 94.0 Å². The third-order valence-corrected chi connectivity index (χ3v) is 6.70. The summed E-state index contributed by atoms with van der Waals surface area (Å²) in [5.41, 5.74) is 3.31. The Hall–Kier alpha value is -2.92. The Bertz CT molecular complexity index is 1090. The molecule has 0 spiro atoms. The van der Waals surface area contributed by atoms with Gasteiger partial charge in [0.15, 0.2) is 0 Å². The molecule has 3 aromatic carbocycles. The highest BCUT2D eigenvalue weighted by Crippen LogP contribution is 2.57. The van der Waals surface area contributed by atoms with Crippen LogP contribution < -0.4 is 0 Å². The smallest absolute Gasteiger partial charge is 0.321 e. The van der Waals surface area contributed by atoms with Crippen molar-refractivity contribution in [1.29, 1.82) is 0 Å². The Morgan fingerprint density at radius 3 is 2.00 bits per heavy atom. The molecule has 1 aliphatic rings. The quantitative estimate of drug-likeness (QED) is 0.431. The number of halogens is 1. The maximum Gasteiger partial charge on any atom is 0.321 e. The maximum atomic E-state index is 13.7. The van der Waals surface area contributed by atoms with Gasteiger partial charge in [0.05, 0.1) is 20.1 Å². The summed E-state index contributed by atoms with van der Waals surface area (Å²) < 4.78 is 11.6. The average molecular weight is 479 g/mol. The van der Waals surface area contributed by atoms with Crippen LogP contribution in [0.3, 0.4) is 0 Å². The normalized spacial score (nSPS) is 14.3. The van der Waals surface area contributed by atoms with Gasteiger partial charge in [-0.2, -0.15) is 0 Å². The summed E-state index contributed by atoms with van der Waals surface area (Å²) in [4.78, 5) is 26.5. The molecule has 0 radical (unpaired) electrons. The first-order valence-corrected chi connectivity index (χ1v) is 11.0. The summed E-state index contributed by atoms with van der Waals surface area (Å²) in [5, 5.41) is 0. The summed E-state index contributed by atoms with van der Waals surface area (Å²) in [6, 6.07) is 23.4. The van der Waals surface area contributed by atoms with Gasteiger partial charge in [0.25, 0.3) is 0 Å². The van der Waals surface area contributed by atoms with Crippen LogP contribution in [0, 0.1) is 0 Å². The number of methoxy groups -OCH3 is 1. The van der Waals surface area contributed by atoms with Crippen molar-refractivity contribution in [3.8, 4) is 11.1 Å². The molecule has 0 saturated carbocycles. The third kappa shape index (κ3) is 3.37. The van der Waals surface area contributed by atoms with Crippen LogP contribution in [0.1, 0.15) is 36.0 Å². The molecule has 4 nitrogen and oxygen atoms in total. The predicted octanol–water partition coefficient (Wildman–Crippen LogP) is 5.63. The molecule has 5 heteroatoms. The molecule has 0 heterocycles. The molecular formula is C26H23BrO4. The lowest BCUT2D eigenvalue weighted by Crippen LogP contribution is -2.43. The van der Waals surface area contributed by atoms with E-state index >= 15 is 0 Å². The average Bonchev–Trinajstić information content (AvgIpc) is 3.09. The number of hydrogen-bond acceptors (Lipinski definition) is 4. The number of fused-ring (bicyclic) bond motifs is 3. The van der Waals surface area contributed by atoms with Crippen LogP contribution in [0.15, 0.2) is 77.3 Å². The monoisotopic (exact) mass is 478 g/mol. The molecule has 0 N–H and O–H groups in total. The molecule has 0 aromatic heterocycles. The molecule has 0 fully saturated rings. The molecule has 0 bridgehead atoms. The van der Waals surface area contributed by atoms with E-state index in [9.17, 15) is 9.59 Å². The molecule has 4 rings (SSSR count). The molecule has 0 saturated heterocycles. The van der Waals surface area contributed by atoms with Gasteiger partial charge >= 0.3 is 11.9 Å². The van der Waals surface area contributed by atoms with E-state index in [1.54, 1.807) is 6.92 Å². The van der Waals surface area contributed by atoms with Crippen LogP contribution in [0.4, 0.5) is 0 Å². The van der Waals surface area contributed by atoms with Gasteiger partial charge in [-0.1, -0.05) is 82.7 Å². The summed E-state index contributed by atoms with van der Waals surface area (Å²) in [6.07, 6.45) is 0.0359. The Morgan fingerprint density at radius 1 is 0.903 bits per heavy atom. The van der Waals surface area contributed by atoms with Crippen LogP contribution in [-0.4, -0.2) is 25.7 Å². The van der Waals surface area contributed by atoms with Crippen molar-refractivity contribution in [2.45, 2.75) is 24.7 Å².